The van der Waals surface area contributed by atoms with E-state index >= 15 is 0 Å². The van der Waals surface area contributed by atoms with Gasteiger partial charge in [0, 0.05) is 27.8 Å². The Morgan fingerprint density at radius 1 is 1.00 bits per heavy atom. The largest absolute Gasteiger partial charge is 0.379 e. The van der Waals surface area contributed by atoms with Gasteiger partial charge in [0.2, 0.25) is 0 Å². The standard InChI is InChI=1S/C13H26O4/c1-5-6-7-8-9-17-11-12(14-2)10-13(15-3)16-4/h7-8,12-13H,5-6,9-11H2,1-4H3/b8-7+. The molecule has 0 aliphatic carbocycles. The van der Waals surface area contributed by atoms with Gasteiger partial charge in [0.15, 0.2) is 6.29 Å². The van der Waals surface area contributed by atoms with Crippen LogP contribution in [0.15, 0.2) is 12.2 Å². The average Bonchev–Trinajstić information content (AvgIpc) is 2.37. The van der Waals surface area contributed by atoms with Crippen LogP contribution in [0.5, 0.6) is 0 Å². The minimum absolute atomic E-state index is 0.000486. The highest BCUT2D eigenvalue weighted by atomic mass is 16.7. The summed E-state index contributed by atoms with van der Waals surface area (Å²) in [5.74, 6) is 0. The van der Waals surface area contributed by atoms with Gasteiger partial charge in [-0.1, -0.05) is 25.5 Å². The molecule has 0 bridgehead atoms. The van der Waals surface area contributed by atoms with Crippen LogP contribution in [0.1, 0.15) is 26.2 Å². The highest BCUT2D eigenvalue weighted by molar-refractivity contribution is 4.80. The Morgan fingerprint density at radius 2 is 1.71 bits per heavy atom. The van der Waals surface area contributed by atoms with Crippen molar-refractivity contribution >= 4 is 0 Å². The molecule has 17 heavy (non-hydrogen) atoms. The molecule has 4 nitrogen and oxygen atoms in total. The van der Waals surface area contributed by atoms with Crippen LogP contribution in [0.2, 0.25) is 0 Å². The first-order valence-electron chi connectivity index (χ1n) is 6.09. The Labute approximate surface area is 105 Å². The summed E-state index contributed by atoms with van der Waals surface area (Å²) in [6.45, 7) is 3.34. The predicted molar refractivity (Wildman–Crippen MR) is 68.1 cm³/mol. The Bertz CT molecular complexity index is 178. The molecule has 4 heteroatoms. The Hall–Kier alpha value is -0.420. The first kappa shape index (κ1) is 16.6. The smallest absolute Gasteiger partial charge is 0.159 e. The van der Waals surface area contributed by atoms with Gasteiger partial charge in [-0.05, 0) is 6.42 Å². The summed E-state index contributed by atoms with van der Waals surface area (Å²) in [6.07, 6.45) is 6.88. The maximum atomic E-state index is 5.50. The summed E-state index contributed by atoms with van der Waals surface area (Å²) in [4.78, 5) is 0. The van der Waals surface area contributed by atoms with E-state index in [4.69, 9.17) is 18.9 Å². The van der Waals surface area contributed by atoms with Crippen molar-refractivity contribution in [2.75, 3.05) is 34.5 Å². The molecule has 0 N–H and O–H groups in total. The first-order chi connectivity index (χ1) is 8.28. The molecule has 0 aliphatic rings. The van der Waals surface area contributed by atoms with E-state index in [0.717, 1.165) is 6.42 Å². The lowest BCUT2D eigenvalue weighted by atomic mass is 10.2. The minimum atomic E-state index is -0.237. The van der Waals surface area contributed by atoms with E-state index in [1.165, 1.54) is 6.42 Å². The second-order valence-corrected chi connectivity index (χ2v) is 3.79. The number of allylic oxidation sites excluding steroid dienone is 1. The van der Waals surface area contributed by atoms with Gasteiger partial charge in [0.1, 0.15) is 0 Å². The number of hydrogen-bond donors (Lipinski definition) is 0. The van der Waals surface area contributed by atoms with Crippen molar-refractivity contribution in [3.63, 3.8) is 0 Å². The third kappa shape index (κ3) is 9.30. The van der Waals surface area contributed by atoms with Crippen LogP contribution in [0, 0.1) is 0 Å². The fraction of sp³-hybridized carbons (Fsp3) is 0.846. The Balaban J connectivity index is 3.67. The molecule has 0 radical (unpaired) electrons. The molecule has 1 atom stereocenters. The van der Waals surface area contributed by atoms with Crippen molar-refractivity contribution in [2.45, 2.75) is 38.6 Å². The van der Waals surface area contributed by atoms with Gasteiger partial charge in [0.05, 0.1) is 19.3 Å². The number of unbranched alkanes of at least 4 members (excludes halogenated alkanes) is 1. The molecule has 0 heterocycles. The van der Waals surface area contributed by atoms with Gasteiger partial charge in [-0.3, -0.25) is 0 Å². The van der Waals surface area contributed by atoms with E-state index in [-0.39, 0.29) is 12.4 Å². The van der Waals surface area contributed by atoms with Crippen LogP contribution in [-0.2, 0) is 18.9 Å². The first-order valence-corrected chi connectivity index (χ1v) is 6.09. The van der Waals surface area contributed by atoms with Gasteiger partial charge in [0.25, 0.3) is 0 Å². The summed E-state index contributed by atoms with van der Waals surface area (Å²) in [5.41, 5.74) is 0. The SMILES string of the molecule is CCC/C=C/COCC(CC(OC)OC)OC. The van der Waals surface area contributed by atoms with Crippen molar-refractivity contribution in [1.82, 2.24) is 0 Å². The van der Waals surface area contributed by atoms with E-state index in [9.17, 15) is 0 Å². The highest BCUT2D eigenvalue weighted by Crippen LogP contribution is 2.06. The fourth-order valence-electron chi connectivity index (χ4n) is 1.36. The van der Waals surface area contributed by atoms with Crippen LogP contribution in [0.3, 0.4) is 0 Å². The molecule has 0 aliphatic heterocycles. The molecule has 0 rings (SSSR count). The van der Waals surface area contributed by atoms with E-state index in [0.29, 0.717) is 19.6 Å². The summed E-state index contributed by atoms with van der Waals surface area (Å²) in [5, 5.41) is 0. The summed E-state index contributed by atoms with van der Waals surface area (Å²) < 4.78 is 21.0. The molecule has 0 aromatic rings. The normalized spacial score (nSPS) is 13.7. The number of hydrogen-bond acceptors (Lipinski definition) is 4. The molecule has 0 aromatic heterocycles. The minimum Gasteiger partial charge on any atom is -0.379 e. The number of methoxy groups -OCH3 is 3. The second kappa shape index (κ2) is 12.0. The molecule has 0 saturated carbocycles. The molecule has 102 valence electrons. The van der Waals surface area contributed by atoms with Gasteiger partial charge in [-0.2, -0.15) is 0 Å². The van der Waals surface area contributed by atoms with E-state index in [1.54, 1.807) is 21.3 Å². The molecule has 0 amide bonds. The van der Waals surface area contributed by atoms with Gasteiger partial charge in [-0.25, -0.2) is 0 Å². The number of ether oxygens (including phenoxy) is 4. The van der Waals surface area contributed by atoms with Crippen LogP contribution in [0.25, 0.3) is 0 Å². The topological polar surface area (TPSA) is 36.9 Å². The molecule has 0 spiro atoms. The van der Waals surface area contributed by atoms with Gasteiger partial charge < -0.3 is 18.9 Å². The third-order valence-corrected chi connectivity index (χ3v) is 2.45. The van der Waals surface area contributed by atoms with Crippen molar-refractivity contribution < 1.29 is 18.9 Å². The number of rotatable bonds is 11. The van der Waals surface area contributed by atoms with Crippen LogP contribution in [-0.4, -0.2) is 46.9 Å². The van der Waals surface area contributed by atoms with E-state index < -0.39 is 0 Å². The van der Waals surface area contributed by atoms with E-state index in [2.05, 4.69) is 13.0 Å². The monoisotopic (exact) mass is 246 g/mol. The highest BCUT2D eigenvalue weighted by Gasteiger charge is 2.15. The Morgan fingerprint density at radius 3 is 2.24 bits per heavy atom. The van der Waals surface area contributed by atoms with Crippen molar-refractivity contribution in [1.29, 1.82) is 0 Å². The van der Waals surface area contributed by atoms with Crippen molar-refractivity contribution in [3.8, 4) is 0 Å². The summed E-state index contributed by atoms with van der Waals surface area (Å²) in [6, 6.07) is 0. The predicted octanol–water partition coefficient (Wildman–Crippen LogP) is 2.38. The molecular weight excluding hydrogens is 220 g/mol. The van der Waals surface area contributed by atoms with Crippen LogP contribution >= 0.6 is 0 Å². The molecule has 0 fully saturated rings. The lowest BCUT2D eigenvalue weighted by molar-refractivity contribution is -0.133. The molecule has 0 saturated heterocycles. The zero-order chi connectivity index (χ0) is 12.9. The third-order valence-electron chi connectivity index (χ3n) is 2.45. The lowest BCUT2D eigenvalue weighted by Gasteiger charge is -2.20. The maximum absolute atomic E-state index is 5.50. The Kier molecular flexibility index (Phi) is 11.8. The fourth-order valence-corrected chi connectivity index (χ4v) is 1.36. The molecular formula is C13H26O4. The maximum Gasteiger partial charge on any atom is 0.159 e. The van der Waals surface area contributed by atoms with Gasteiger partial charge >= 0.3 is 0 Å². The van der Waals surface area contributed by atoms with Crippen molar-refractivity contribution in [2.24, 2.45) is 0 Å². The van der Waals surface area contributed by atoms with Crippen LogP contribution in [0.4, 0.5) is 0 Å². The molecule has 1 unspecified atom stereocenters. The van der Waals surface area contributed by atoms with Crippen LogP contribution < -0.4 is 0 Å². The zero-order valence-corrected chi connectivity index (χ0v) is 11.5. The van der Waals surface area contributed by atoms with Crippen molar-refractivity contribution in [3.05, 3.63) is 12.2 Å². The summed E-state index contributed by atoms with van der Waals surface area (Å²) in [7, 11) is 4.91. The lowest BCUT2D eigenvalue weighted by Crippen LogP contribution is -2.26. The summed E-state index contributed by atoms with van der Waals surface area (Å²) >= 11 is 0. The average molecular weight is 246 g/mol. The second-order valence-electron chi connectivity index (χ2n) is 3.79. The quantitative estimate of drug-likeness (QED) is 0.319. The molecule has 0 aromatic carbocycles. The van der Waals surface area contributed by atoms with E-state index in [1.807, 2.05) is 6.08 Å². The van der Waals surface area contributed by atoms with Gasteiger partial charge in [-0.15, -0.1) is 0 Å². The zero-order valence-electron chi connectivity index (χ0n) is 11.5.